The van der Waals surface area contributed by atoms with Gasteiger partial charge in [-0.1, -0.05) is 41.4 Å². The van der Waals surface area contributed by atoms with Crippen molar-refractivity contribution >= 4 is 41.0 Å². The SMILES string of the molecule is COc1ccc([C@H](CC2=C(Cl)CNC=C2Cl)OC(=O)c2ccc(CN(C(=O)O[C@H]3CN4CCC3CC4)c3cc(O)cc(F)c3)cc2)cc1OC. The zero-order valence-corrected chi connectivity index (χ0v) is 29.2. The van der Waals surface area contributed by atoms with E-state index >= 15 is 0 Å². The Morgan fingerprint density at radius 3 is 2.40 bits per heavy atom. The van der Waals surface area contributed by atoms with E-state index < -0.39 is 24.0 Å². The maximum atomic E-state index is 14.4. The first-order chi connectivity index (χ1) is 24.1. The number of piperidine rings is 3. The number of dihydropyridines is 1. The Hall–Kier alpha value is -4.45. The molecule has 3 aromatic carbocycles. The first-order valence-corrected chi connectivity index (χ1v) is 17.1. The van der Waals surface area contributed by atoms with Crippen molar-refractivity contribution < 1.29 is 38.0 Å². The predicted molar refractivity (Wildman–Crippen MR) is 187 cm³/mol. The second-order valence-corrected chi connectivity index (χ2v) is 13.3. The molecule has 4 aliphatic heterocycles. The van der Waals surface area contributed by atoms with E-state index in [9.17, 15) is 19.1 Å². The smallest absolute Gasteiger partial charge is 0.414 e. The standard InChI is InChI=1S/C37H38Cl2FN3O7/c1-47-32-8-7-25(13-34(32)48-2)33(17-29-30(38)18-41-19-31(29)39)49-36(45)24-5-3-22(4-6-24)20-43(27-14-26(40)15-28(44)16-27)37(46)50-35-21-42-11-9-23(35)10-12-42/h3-8,13-16,18,23,33,35,41,44H,9-12,17,19-21H2,1-2H3/t33-,35-/m0/s1. The number of carbonyl (C=O) groups is 2. The van der Waals surface area contributed by atoms with Gasteiger partial charge in [0.05, 0.1) is 43.6 Å². The Kier molecular flexibility index (Phi) is 11.1. The van der Waals surface area contributed by atoms with Crippen LogP contribution in [-0.2, 0) is 16.0 Å². The maximum absolute atomic E-state index is 14.4. The zero-order valence-electron chi connectivity index (χ0n) is 27.7. The van der Waals surface area contributed by atoms with Crippen LogP contribution < -0.4 is 19.7 Å². The summed E-state index contributed by atoms with van der Waals surface area (Å²) in [6, 6.07) is 15.2. The Bertz CT molecular complexity index is 1770. The van der Waals surface area contributed by atoms with Crippen LogP contribution in [0.4, 0.5) is 14.9 Å². The topological polar surface area (TPSA) is 110 Å². The highest BCUT2D eigenvalue weighted by molar-refractivity contribution is 6.36. The fraction of sp³-hybridized carbons (Fsp3) is 0.351. The highest BCUT2D eigenvalue weighted by atomic mass is 35.5. The van der Waals surface area contributed by atoms with Crippen LogP contribution in [0.3, 0.4) is 0 Å². The molecule has 0 saturated carbocycles. The van der Waals surface area contributed by atoms with Gasteiger partial charge < -0.3 is 29.4 Å². The van der Waals surface area contributed by atoms with E-state index in [1.807, 2.05) is 0 Å². The van der Waals surface area contributed by atoms with E-state index in [2.05, 4.69) is 10.2 Å². The van der Waals surface area contributed by atoms with Crippen molar-refractivity contribution in [2.45, 2.75) is 38.0 Å². The fourth-order valence-corrected chi connectivity index (χ4v) is 7.14. The summed E-state index contributed by atoms with van der Waals surface area (Å²) in [5, 5.41) is 14.0. The molecule has 3 saturated heterocycles. The number of benzene rings is 3. The van der Waals surface area contributed by atoms with Gasteiger partial charge in [0.15, 0.2) is 11.5 Å². The largest absolute Gasteiger partial charge is 0.508 e. The minimum Gasteiger partial charge on any atom is -0.508 e. The van der Waals surface area contributed by atoms with Crippen LogP contribution in [0.2, 0.25) is 0 Å². The van der Waals surface area contributed by atoms with Crippen molar-refractivity contribution in [1.82, 2.24) is 10.2 Å². The number of phenols is 1. The molecule has 4 aliphatic rings. The number of anilines is 1. The van der Waals surface area contributed by atoms with Gasteiger partial charge in [-0.2, -0.15) is 0 Å². The lowest BCUT2D eigenvalue weighted by atomic mass is 9.86. The molecule has 2 N–H and O–H groups in total. The van der Waals surface area contributed by atoms with E-state index in [4.69, 9.17) is 42.1 Å². The van der Waals surface area contributed by atoms with Gasteiger partial charge in [0.2, 0.25) is 0 Å². The number of amides is 1. The van der Waals surface area contributed by atoms with E-state index in [0.29, 0.717) is 51.4 Å². The summed E-state index contributed by atoms with van der Waals surface area (Å²) in [6.07, 6.45) is 2.05. The molecule has 3 aromatic rings. The first kappa shape index (κ1) is 35.4. The van der Waals surface area contributed by atoms with Crippen molar-refractivity contribution in [3.05, 3.63) is 105 Å². The Balaban J connectivity index is 1.21. The number of ether oxygens (including phenoxy) is 4. The third-order valence-electron chi connectivity index (χ3n) is 9.30. The van der Waals surface area contributed by atoms with Crippen LogP contribution in [0.5, 0.6) is 17.2 Å². The molecule has 2 bridgehead atoms. The molecule has 0 aromatic heterocycles. The lowest BCUT2D eigenvalue weighted by Crippen LogP contribution is -2.53. The second kappa shape index (κ2) is 15.6. The van der Waals surface area contributed by atoms with Crippen LogP contribution in [0.15, 0.2) is 82.5 Å². The number of allylic oxidation sites excluding steroid dienone is 1. The number of hydrogen-bond donors (Lipinski definition) is 2. The average molecular weight is 727 g/mol. The van der Waals surface area contributed by atoms with Crippen LogP contribution in [0, 0.1) is 11.7 Å². The summed E-state index contributed by atoms with van der Waals surface area (Å²) in [6.45, 7) is 3.01. The molecule has 0 aliphatic carbocycles. The Morgan fingerprint density at radius 1 is 1.02 bits per heavy atom. The van der Waals surface area contributed by atoms with Crippen molar-refractivity contribution in [3.63, 3.8) is 0 Å². The number of esters is 1. The average Bonchev–Trinajstić information content (AvgIpc) is 3.11. The van der Waals surface area contributed by atoms with Crippen molar-refractivity contribution in [1.29, 1.82) is 0 Å². The second-order valence-electron chi connectivity index (χ2n) is 12.5. The summed E-state index contributed by atoms with van der Waals surface area (Å²) in [7, 11) is 3.05. The number of phenolic OH excluding ortho intramolecular Hbond substituents is 1. The summed E-state index contributed by atoms with van der Waals surface area (Å²) in [5.41, 5.74) is 2.33. The fourth-order valence-electron chi connectivity index (χ4n) is 6.57. The van der Waals surface area contributed by atoms with Crippen LogP contribution in [-0.4, -0.2) is 68.6 Å². The van der Waals surface area contributed by atoms with Gasteiger partial charge in [0.25, 0.3) is 0 Å². The van der Waals surface area contributed by atoms with E-state index in [-0.39, 0.29) is 42.0 Å². The molecule has 264 valence electrons. The van der Waals surface area contributed by atoms with Crippen LogP contribution in [0.1, 0.15) is 46.9 Å². The summed E-state index contributed by atoms with van der Waals surface area (Å²) in [4.78, 5) is 30.7. The van der Waals surface area contributed by atoms with Gasteiger partial charge in [-0.15, -0.1) is 0 Å². The number of fused-ring (bicyclic) bond motifs is 3. The number of nitrogens with one attached hydrogen (secondary N) is 1. The molecule has 1 amide bonds. The number of carbonyl (C=O) groups excluding carboxylic acids is 2. The van der Waals surface area contributed by atoms with Gasteiger partial charge in [-0.3, -0.25) is 9.80 Å². The molecule has 0 spiro atoms. The van der Waals surface area contributed by atoms with Gasteiger partial charge >= 0.3 is 12.1 Å². The van der Waals surface area contributed by atoms with Crippen LogP contribution >= 0.6 is 23.2 Å². The van der Waals surface area contributed by atoms with Gasteiger partial charge in [0, 0.05) is 36.3 Å². The highest BCUT2D eigenvalue weighted by Gasteiger charge is 2.37. The Labute approximate surface area is 299 Å². The van der Waals surface area contributed by atoms with Crippen molar-refractivity contribution in [2.24, 2.45) is 5.92 Å². The molecule has 0 unspecified atom stereocenters. The molecule has 0 radical (unpaired) electrons. The maximum Gasteiger partial charge on any atom is 0.414 e. The number of rotatable bonds is 11. The molecule has 7 rings (SSSR count). The molecule has 3 fully saturated rings. The minimum absolute atomic E-state index is 0.00204. The molecule has 4 heterocycles. The van der Waals surface area contributed by atoms with E-state index in [1.54, 1.807) is 48.7 Å². The number of halogens is 3. The van der Waals surface area contributed by atoms with Crippen molar-refractivity contribution in [2.75, 3.05) is 45.3 Å². The molecule has 2 atom stereocenters. The monoisotopic (exact) mass is 725 g/mol. The number of hydrogen-bond acceptors (Lipinski definition) is 9. The van der Waals surface area contributed by atoms with Crippen LogP contribution in [0.25, 0.3) is 0 Å². The van der Waals surface area contributed by atoms with Gasteiger partial charge in [0.1, 0.15) is 23.8 Å². The Morgan fingerprint density at radius 2 is 1.76 bits per heavy atom. The first-order valence-electron chi connectivity index (χ1n) is 16.3. The summed E-state index contributed by atoms with van der Waals surface area (Å²) >= 11 is 13.0. The zero-order chi connectivity index (χ0) is 35.4. The summed E-state index contributed by atoms with van der Waals surface area (Å²) < 4.78 is 37.3. The van der Waals surface area contributed by atoms with Gasteiger partial charge in [-0.25, -0.2) is 14.0 Å². The molecular weight excluding hydrogens is 688 g/mol. The quantitative estimate of drug-likeness (QED) is 0.198. The lowest BCUT2D eigenvalue weighted by molar-refractivity contribution is -0.0311. The third-order valence-corrected chi connectivity index (χ3v) is 10.00. The van der Waals surface area contributed by atoms with E-state index in [0.717, 1.165) is 32.0 Å². The highest BCUT2D eigenvalue weighted by Crippen LogP contribution is 2.38. The third kappa shape index (κ3) is 8.12. The van der Waals surface area contributed by atoms with Crippen molar-refractivity contribution in [3.8, 4) is 17.2 Å². The van der Waals surface area contributed by atoms with E-state index in [1.165, 1.54) is 31.3 Å². The normalized spacial score (nSPS) is 20.3. The summed E-state index contributed by atoms with van der Waals surface area (Å²) in [5.74, 6) is -0.360. The molecule has 13 heteroatoms. The molecular formula is C37H38Cl2FN3O7. The number of methoxy groups -OCH3 is 2. The predicted octanol–water partition coefficient (Wildman–Crippen LogP) is 7.25. The van der Waals surface area contributed by atoms with Gasteiger partial charge in [-0.05, 0) is 78.9 Å². The molecule has 10 nitrogen and oxygen atoms in total. The molecule has 50 heavy (non-hydrogen) atoms. The lowest BCUT2D eigenvalue weighted by Gasteiger charge is -2.44. The number of aromatic hydroxyl groups is 1. The number of nitrogens with zero attached hydrogens (tertiary/aromatic N) is 2. The minimum atomic E-state index is -0.789.